The van der Waals surface area contributed by atoms with Gasteiger partial charge in [-0.05, 0) is 67.2 Å². The van der Waals surface area contributed by atoms with E-state index in [1.807, 2.05) is 31.2 Å². The molecule has 0 aliphatic heterocycles. The van der Waals surface area contributed by atoms with Crippen LogP contribution in [0.15, 0.2) is 78.9 Å². The minimum absolute atomic E-state index is 0.138. The second-order valence-corrected chi connectivity index (χ2v) is 7.37. The molecule has 0 aliphatic rings. The number of benzene rings is 3. The number of rotatable bonds is 8. The van der Waals surface area contributed by atoms with Gasteiger partial charge in [-0.3, -0.25) is 14.9 Å². The van der Waals surface area contributed by atoms with Crippen LogP contribution in [-0.4, -0.2) is 30.1 Å². The fourth-order valence-corrected chi connectivity index (χ4v) is 3.17. The second-order valence-electron chi connectivity index (χ2n) is 6.96. The van der Waals surface area contributed by atoms with E-state index in [2.05, 4.69) is 28.1 Å². The molecule has 0 bridgehead atoms. The number of hydrogen-bond acceptors (Lipinski definition) is 4. The minimum Gasteiger partial charge on any atom is -0.493 e. The van der Waals surface area contributed by atoms with Crippen molar-refractivity contribution in [2.75, 3.05) is 18.5 Å². The monoisotopic (exact) mass is 447 g/mol. The number of hydrogen-bond donors (Lipinski definition) is 3. The molecule has 0 radical (unpaired) electrons. The lowest BCUT2D eigenvalue weighted by Gasteiger charge is -2.11. The van der Waals surface area contributed by atoms with E-state index >= 15 is 0 Å². The lowest BCUT2D eigenvalue weighted by Crippen LogP contribution is -2.34. The summed E-state index contributed by atoms with van der Waals surface area (Å²) in [7, 11) is 0. The Hall–Kier alpha value is -3.71. The summed E-state index contributed by atoms with van der Waals surface area (Å²) < 4.78 is 5.79. The molecule has 6 nitrogen and oxygen atoms in total. The van der Waals surface area contributed by atoms with Crippen LogP contribution in [0.4, 0.5) is 5.69 Å². The molecule has 0 heterocycles. The molecule has 0 spiro atoms. The van der Waals surface area contributed by atoms with Crippen molar-refractivity contribution >= 4 is 34.8 Å². The molecule has 0 saturated carbocycles. The normalized spacial score (nSPS) is 10.2. The third-order valence-electron chi connectivity index (χ3n) is 4.57. The SMILES string of the molecule is CCNC(=O)c1ccc(NC(=S)NC(=O)c2cccc(OCCc3ccccc3)c2)cc1. The first-order valence-corrected chi connectivity index (χ1v) is 10.7. The van der Waals surface area contributed by atoms with Gasteiger partial charge in [-0.1, -0.05) is 36.4 Å². The van der Waals surface area contributed by atoms with Gasteiger partial charge in [0.25, 0.3) is 11.8 Å². The van der Waals surface area contributed by atoms with Gasteiger partial charge in [0.1, 0.15) is 5.75 Å². The molecule has 7 heteroatoms. The first kappa shape index (κ1) is 23.0. The summed E-state index contributed by atoms with van der Waals surface area (Å²) in [5.41, 5.74) is 2.85. The summed E-state index contributed by atoms with van der Waals surface area (Å²) in [5.74, 6) is 0.143. The lowest BCUT2D eigenvalue weighted by atomic mass is 10.2. The van der Waals surface area contributed by atoms with Crippen LogP contribution in [0.2, 0.25) is 0 Å². The average Bonchev–Trinajstić information content (AvgIpc) is 2.80. The van der Waals surface area contributed by atoms with Gasteiger partial charge in [-0.2, -0.15) is 0 Å². The summed E-state index contributed by atoms with van der Waals surface area (Å²) in [6, 6.07) is 23.9. The van der Waals surface area contributed by atoms with Gasteiger partial charge in [0, 0.05) is 29.8 Å². The van der Waals surface area contributed by atoms with Gasteiger partial charge >= 0.3 is 0 Å². The topological polar surface area (TPSA) is 79.5 Å². The maximum Gasteiger partial charge on any atom is 0.257 e. The number of thiocarbonyl (C=S) groups is 1. The van der Waals surface area contributed by atoms with Crippen LogP contribution in [-0.2, 0) is 6.42 Å². The number of amides is 2. The van der Waals surface area contributed by atoms with Crippen molar-refractivity contribution in [2.45, 2.75) is 13.3 Å². The van der Waals surface area contributed by atoms with Gasteiger partial charge < -0.3 is 15.4 Å². The number of carbonyl (C=O) groups is 2. The van der Waals surface area contributed by atoms with Crippen LogP contribution >= 0.6 is 12.2 Å². The Kier molecular flexibility index (Phi) is 8.34. The smallest absolute Gasteiger partial charge is 0.257 e. The average molecular weight is 448 g/mol. The van der Waals surface area contributed by atoms with Crippen LogP contribution in [0.3, 0.4) is 0 Å². The van der Waals surface area contributed by atoms with Crippen LogP contribution in [0, 0.1) is 0 Å². The van der Waals surface area contributed by atoms with Crippen molar-refractivity contribution < 1.29 is 14.3 Å². The first-order valence-electron chi connectivity index (χ1n) is 10.3. The van der Waals surface area contributed by atoms with Gasteiger partial charge in [-0.25, -0.2) is 0 Å². The lowest BCUT2D eigenvalue weighted by molar-refractivity contribution is 0.0953. The highest BCUT2D eigenvalue weighted by Crippen LogP contribution is 2.14. The molecule has 3 aromatic rings. The minimum atomic E-state index is -0.338. The molecule has 0 aliphatic carbocycles. The highest BCUT2D eigenvalue weighted by Gasteiger charge is 2.10. The van der Waals surface area contributed by atoms with Crippen LogP contribution in [0.25, 0.3) is 0 Å². The molecule has 2 amide bonds. The molecule has 0 unspecified atom stereocenters. The predicted octanol–water partition coefficient (Wildman–Crippen LogP) is 4.18. The summed E-state index contributed by atoms with van der Waals surface area (Å²) in [5, 5.41) is 8.50. The Morgan fingerprint density at radius 3 is 2.34 bits per heavy atom. The van der Waals surface area contributed by atoms with Gasteiger partial charge in [0.05, 0.1) is 6.61 Å². The Bertz CT molecular complexity index is 1070. The van der Waals surface area contributed by atoms with Crippen LogP contribution < -0.4 is 20.7 Å². The molecule has 0 atom stereocenters. The van der Waals surface area contributed by atoms with Crippen molar-refractivity contribution in [3.8, 4) is 5.75 Å². The fraction of sp³-hybridized carbons (Fsp3) is 0.160. The quantitative estimate of drug-likeness (QED) is 0.452. The number of carbonyl (C=O) groups excluding carboxylic acids is 2. The predicted molar refractivity (Wildman–Crippen MR) is 130 cm³/mol. The van der Waals surface area contributed by atoms with Crippen molar-refractivity contribution in [1.29, 1.82) is 0 Å². The van der Waals surface area contributed by atoms with Gasteiger partial charge in [0.2, 0.25) is 0 Å². The van der Waals surface area contributed by atoms with E-state index in [1.54, 1.807) is 42.5 Å². The third kappa shape index (κ3) is 6.92. The third-order valence-corrected chi connectivity index (χ3v) is 4.77. The van der Waals surface area contributed by atoms with E-state index in [0.29, 0.717) is 35.7 Å². The number of ether oxygens (including phenoxy) is 1. The molecule has 3 N–H and O–H groups in total. The standard InChI is InChI=1S/C25H25N3O3S/c1-2-26-23(29)19-11-13-21(14-12-19)27-25(32)28-24(30)20-9-6-10-22(17-20)31-16-15-18-7-4-3-5-8-18/h3-14,17H,2,15-16H2,1H3,(H,26,29)(H2,27,28,30,32). The van der Waals surface area contributed by atoms with E-state index in [-0.39, 0.29) is 16.9 Å². The second kappa shape index (κ2) is 11.6. The zero-order valence-electron chi connectivity index (χ0n) is 17.8. The Morgan fingerprint density at radius 1 is 0.875 bits per heavy atom. The molecular weight excluding hydrogens is 422 g/mol. The number of nitrogens with one attached hydrogen (secondary N) is 3. The van der Waals surface area contributed by atoms with Gasteiger partial charge in [-0.15, -0.1) is 0 Å². The van der Waals surface area contributed by atoms with E-state index in [1.165, 1.54) is 5.56 Å². The maximum atomic E-state index is 12.6. The highest BCUT2D eigenvalue weighted by molar-refractivity contribution is 7.80. The van der Waals surface area contributed by atoms with E-state index in [0.717, 1.165) is 6.42 Å². The van der Waals surface area contributed by atoms with Crippen LogP contribution in [0.5, 0.6) is 5.75 Å². The van der Waals surface area contributed by atoms with E-state index in [9.17, 15) is 9.59 Å². The summed E-state index contributed by atoms with van der Waals surface area (Å²) in [6.45, 7) is 2.94. The molecular formula is C25H25N3O3S. The van der Waals surface area contributed by atoms with Crippen molar-refractivity contribution in [3.05, 3.63) is 95.6 Å². The Morgan fingerprint density at radius 2 is 1.62 bits per heavy atom. The zero-order valence-corrected chi connectivity index (χ0v) is 18.6. The van der Waals surface area contributed by atoms with Gasteiger partial charge in [0.15, 0.2) is 5.11 Å². The van der Waals surface area contributed by atoms with Crippen molar-refractivity contribution in [2.24, 2.45) is 0 Å². The Labute approximate surface area is 193 Å². The molecule has 32 heavy (non-hydrogen) atoms. The maximum absolute atomic E-state index is 12.6. The first-order chi connectivity index (χ1) is 15.5. The molecule has 0 fully saturated rings. The zero-order chi connectivity index (χ0) is 22.8. The number of anilines is 1. The molecule has 164 valence electrons. The molecule has 3 aromatic carbocycles. The summed E-state index contributed by atoms with van der Waals surface area (Å²) in [4.78, 5) is 24.4. The Balaban J connectivity index is 1.51. The molecule has 0 saturated heterocycles. The highest BCUT2D eigenvalue weighted by atomic mass is 32.1. The molecule has 3 rings (SSSR count). The van der Waals surface area contributed by atoms with Crippen molar-refractivity contribution in [3.63, 3.8) is 0 Å². The molecule has 0 aromatic heterocycles. The van der Waals surface area contributed by atoms with E-state index in [4.69, 9.17) is 17.0 Å². The largest absolute Gasteiger partial charge is 0.493 e. The summed E-state index contributed by atoms with van der Waals surface area (Å²) >= 11 is 5.24. The van der Waals surface area contributed by atoms with Crippen LogP contribution in [0.1, 0.15) is 33.2 Å². The van der Waals surface area contributed by atoms with Crippen molar-refractivity contribution in [1.82, 2.24) is 10.6 Å². The van der Waals surface area contributed by atoms with E-state index < -0.39 is 0 Å². The summed E-state index contributed by atoms with van der Waals surface area (Å²) in [6.07, 6.45) is 0.782. The fourth-order valence-electron chi connectivity index (χ4n) is 2.96.